The Morgan fingerprint density at radius 3 is 2.57 bits per heavy atom. The molecule has 1 heterocycles. The van der Waals surface area contributed by atoms with Gasteiger partial charge in [-0.05, 0) is 19.3 Å². The Morgan fingerprint density at radius 2 is 2.14 bits per heavy atom. The van der Waals surface area contributed by atoms with Crippen LogP contribution < -0.4 is 0 Å². The first-order chi connectivity index (χ1) is 6.76. The Balaban J connectivity index is 2.31. The SMILES string of the molecule is CCC(CC)(CBr)COC1CCOC1. The lowest BCUT2D eigenvalue weighted by Crippen LogP contribution is -2.30. The predicted octanol–water partition coefficient (Wildman–Crippen LogP) is 2.99. The lowest BCUT2D eigenvalue weighted by atomic mass is 9.86. The van der Waals surface area contributed by atoms with Crippen molar-refractivity contribution in [1.29, 1.82) is 0 Å². The average molecular weight is 265 g/mol. The van der Waals surface area contributed by atoms with Gasteiger partial charge in [0.15, 0.2) is 0 Å². The van der Waals surface area contributed by atoms with E-state index in [1.165, 1.54) is 12.8 Å². The van der Waals surface area contributed by atoms with Crippen LogP contribution in [0.5, 0.6) is 0 Å². The van der Waals surface area contributed by atoms with Gasteiger partial charge in [-0.3, -0.25) is 0 Å². The Labute approximate surface area is 95.5 Å². The van der Waals surface area contributed by atoms with E-state index in [2.05, 4.69) is 29.8 Å². The third kappa shape index (κ3) is 3.21. The second-order valence-corrected chi connectivity index (χ2v) is 4.70. The second kappa shape index (κ2) is 6.09. The zero-order valence-corrected chi connectivity index (χ0v) is 10.8. The largest absolute Gasteiger partial charge is 0.379 e. The number of hydrogen-bond acceptors (Lipinski definition) is 2. The van der Waals surface area contributed by atoms with Gasteiger partial charge in [-0.2, -0.15) is 0 Å². The fourth-order valence-electron chi connectivity index (χ4n) is 1.62. The highest BCUT2D eigenvalue weighted by molar-refractivity contribution is 9.09. The van der Waals surface area contributed by atoms with Gasteiger partial charge in [-0.25, -0.2) is 0 Å². The van der Waals surface area contributed by atoms with E-state index in [-0.39, 0.29) is 0 Å². The van der Waals surface area contributed by atoms with Gasteiger partial charge >= 0.3 is 0 Å². The molecule has 84 valence electrons. The quantitative estimate of drug-likeness (QED) is 0.687. The number of alkyl halides is 1. The van der Waals surface area contributed by atoms with E-state index in [9.17, 15) is 0 Å². The highest BCUT2D eigenvalue weighted by Crippen LogP contribution is 2.30. The molecule has 1 rings (SSSR count). The molecule has 1 aliphatic rings. The van der Waals surface area contributed by atoms with Crippen LogP contribution in [0.2, 0.25) is 0 Å². The van der Waals surface area contributed by atoms with Crippen molar-refractivity contribution in [2.45, 2.75) is 39.2 Å². The Morgan fingerprint density at radius 1 is 1.43 bits per heavy atom. The maximum atomic E-state index is 5.89. The van der Waals surface area contributed by atoms with Gasteiger partial charge in [-0.15, -0.1) is 0 Å². The lowest BCUT2D eigenvalue weighted by molar-refractivity contribution is -0.00791. The van der Waals surface area contributed by atoms with Crippen LogP contribution in [0.3, 0.4) is 0 Å². The molecule has 0 radical (unpaired) electrons. The molecule has 1 saturated heterocycles. The van der Waals surface area contributed by atoms with Crippen LogP contribution in [-0.4, -0.2) is 31.3 Å². The molecule has 1 fully saturated rings. The van der Waals surface area contributed by atoms with E-state index in [0.29, 0.717) is 11.5 Å². The topological polar surface area (TPSA) is 18.5 Å². The van der Waals surface area contributed by atoms with E-state index >= 15 is 0 Å². The monoisotopic (exact) mass is 264 g/mol. The summed E-state index contributed by atoms with van der Waals surface area (Å²) < 4.78 is 11.2. The molecule has 0 bridgehead atoms. The summed E-state index contributed by atoms with van der Waals surface area (Å²) >= 11 is 3.59. The second-order valence-electron chi connectivity index (χ2n) is 4.14. The summed E-state index contributed by atoms with van der Waals surface area (Å²) in [5, 5.41) is 1.03. The third-order valence-corrected chi connectivity index (χ3v) is 4.49. The molecule has 3 heteroatoms. The molecule has 0 saturated carbocycles. The summed E-state index contributed by atoms with van der Waals surface area (Å²) in [6.45, 7) is 6.98. The lowest BCUT2D eigenvalue weighted by Gasteiger charge is -2.30. The zero-order valence-electron chi connectivity index (χ0n) is 9.22. The van der Waals surface area contributed by atoms with E-state index in [1.54, 1.807) is 0 Å². The van der Waals surface area contributed by atoms with E-state index in [4.69, 9.17) is 9.47 Å². The number of hydrogen-bond donors (Lipinski definition) is 0. The maximum absolute atomic E-state index is 5.89. The van der Waals surface area contributed by atoms with Crippen LogP contribution in [0.25, 0.3) is 0 Å². The first-order valence-electron chi connectivity index (χ1n) is 5.51. The van der Waals surface area contributed by atoms with Crippen LogP contribution in [0, 0.1) is 5.41 Å². The van der Waals surface area contributed by atoms with E-state index in [1.807, 2.05) is 0 Å². The van der Waals surface area contributed by atoms with Crippen molar-refractivity contribution in [2.75, 3.05) is 25.2 Å². The standard InChI is InChI=1S/C11H21BrO2/c1-3-11(4-2,8-12)9-14-10-5-6-13-7-10/h10H,3-9H2,1-2H3. The van der Waals surface area contributed by atoms with Gasteiger partial charge in [-0.1, -0.05) is 29.8 Å². The highest BCUT2D eigenvalue weighted by atomic mass is 79.9. The maximum Gasteiger partial charge on any atom is 0.0830 e. The molecule has 0 spiro atoms. The Hall–Kier alpha value is 0.400. The molecular formula is C11H21BrO2. The van der Waals surface area contributed by atoms with Crippen molar-refractivity contribution in [2.24, 2.45) is 5.41 Å². The smallest absolute Gasteiger partial charge is 0.0830 e. The number of rotatable bonds is 6. The summed E-state index contributed by atoms with van der Waals surface area (Å²) in [4.78, 5) is 0. The van der Waals surface area contributed by atoms with Gasteiger partial charge < -0.3 is 9.47 Å². The van der Waals surface area contributed by atoms with Crippen molar-refractivity contribution in [3.8, 4) is 0 Å². The molecule has 0 amide bonds. The molecule has 2 nitrogen and oxygen atoms in total. The zero-order chi connectivity index (χ0) is 10.4. The van der Waals surface area contributed by atoms with Crippen LogP contribution in [0.4, 0.5) is 0 Å². The van der Waals surface area contributed by atoms with Crippen LogP contribution in [0.1, 0.15) is 33.1 Å². The molecule has 1 unspecified atom stereocenters. The summed E-state index contributed by atoms with van der Waals surface area (Å²) in [6, 6.07) is 0. The summed E-state index contributed by atoms with van der Waals surface area (Å²) in [7, 11) is 0. The minimum atomic E-state index is 0.322. The fourth-order valence-corrected chi connectivity index (χ4v) is 2.58. The minimum Gasteiger partial charge on any atom is -0.379 e. The molecule has 0 N–H and O–H groups in total. The van der Waals surface area contributed by atoms with Crippen LogP contribution >= 0.6 is 15.9 Å². The van der Waals surface area contributed by atoms with Crippen molar-refractivity contribution in [3.05, 3.63) is 0 Å². The average Bonchev–Trinajstić information content (AvgIpc) is 2.74. The first-order valence-corrected chi connectivity index (χ1v) is 6.64. The Kier molecular flexibility index (Phi) is 5.42. The van der Waals surface area contributed by atoms with Crippen molar-refractivity contribution >= 4 is 15.9 Å². The van der Waals surface area contributed by atoms with Crippen molar-refractivity contribution in [1.82, 2.24) is 0 Å². The molecule has 1 atom stereocenters. The number of halogens is 1. The first kappa shape index (κ1) is 12.5. The van der Waals surface area contributed by atoms with E-state index in [0.717, 1.165) is 31.6 Å². The molecule has 0 aromatic carbocycles. The molecular weight excluding hydrogens is 244 g/mol. The predicted molar refractivity (Wildman–Crippen MR) is 62.0 cm³/mol. The third-order valence-electron chi connectivity index (χ3n) is 3.30. The Bertz CT molecular complexity index is 143. The van der Waals surface area contributed by atoms with Crippen molar-refractivity contribution < 1.29 is 9.47 Å². The molecule has 1 aliphatic heterocycles. The summed E-state index contributed by atoms with van der Waals surface area (Å²) in [6.07, 6.45) is 3.74. The summed E-state index contributed by atoms with van der Waals surface area (Å²) in [5.74, 6) is 0. The van der Waals surface area contributed by atoms with E-state index < -0.39 is 0 Å². The molecule has 0 aromatic heterocycles. The minimum absolute atomic E-state index is 0.322. The molecule has 0 aromatic rings. The molecule has 0 aliphatic carbocycles. The van der Waals surface area contributed by atoms with Gasteiger partial charge in [0.1, 0.15) is 0 Å². The number of ether oxygens (including phenoxy) is 2. The van der Waals surface area contributed by atoms with Gasteiger partial charge in [0, 0.05) is 17.4 Å². The van der Waals surface area contributed by atoms with Gasteiger partial charge in [0.25, 0.3) is 0 Å². The van der Waals surface area contributed by atoms with Gasteiger partial charge in [0.2, 0.25) is 0 Å². The normalized spacial score (nSPS) is 22.9. The van der Waals surface area contributed by atoms with Crippen molar-refractivity contribution in [3.63, 3.8) is 0 Å². The fraction of sp³-hybridized carbons (Fsp3) is 1.00. The summed E-state index contributed by atoms with van der Waals surface area (Å²) in [5.41, 5.74) is 0.322. The van der Waals surface area contributed by atoms with Gasteiger partial charge in [0.05, 0.1) is 19.3 Å². The van der Waals surface area contributed by atoms with Crippen LogP contribution in [0.15, 0.2) is 0 Å². The van der Waals surface area contributed by atoms with Crippen LogP contribution in [-0.2, 0) is 9.47 Å². The molecule has 14 heavy (non-hydrogen) atoms. The highest BCUT2D eigenvalue weighted by Gasteiger charge is 2.27.